The van der Waals surface area contributed by atoms with Crippen LogP contribution in [0.15, 0.2) is 109 Å². The number of rotatable bonds is 4. The average molecular weight is 852 g/mol. The standard InChI is InChI=1S/C46H46N3O.Pt/c1-44(2,3)32-18-21-35(22-19-32)49-39-17-11-16-36(38-27-33(45(4,5)6)20-23-40(38)50)42(39)48-43(49)31-14-10-13-29(25-31)37-28-34(46(7,8)9)26-30-15-12-24-47-41(30)37;/h10-24,26-28,50H,1-9H3;/q-1;. The van der Waals surface area contributed by atoms with E-state index in [4.69, 9.17) is 9.97 Å². The van der Waals surface area contributed by atoms with Crippen LogP contribution in [0.5, 0.6) is 5.75 Å². The van der Waals surface area contributed by atoms with Crippen molar-refractivity contribution in [3.05, 3.63) is 132 Å². The number of aromatic nitrogens is 3. The number of para-hydroxylation sites is 1. The Morgan fingerprint density at radius 3 is 1.88 bits per heavy atom. The molecule has 0 radical (unpaired) electrons. The number of pyridine rings is 1. The maximum absolute atomic E-state index is 11.2. The molecule has 0 atom stereocenters. The molecule has 5 aromatic carbocycles. The Kier molecular flexibility index (Phi) is 9.40. The summed E-state index contributed by atoms with van der Waals surface area (Å²) in [4.78, 5) is 10.2. The molecule has 7 aromatic rings. The summed E-state index contributed by atoms with van der Waals surface area (Å²) in [6.07, 6.45) is 1.86. The summed E-state index contributed by atoms with van der Waals surface area (Å²) < 4.78 is 2.23. The van der Waals surface area contributed by atoms with Crippen LogP contribution >= 0.6 is 0 Å². The predicted octanol–water partition coefficient (Wildman–Crippen LogP) is 12.0. The van der Waals surface area contributed by atoms with Crippen molar-refractivity contribution in [2.24, 2.45) is 0 Å². The maximum Gasteiger partial charge on any atom is 0.123 e. The van der Waals surface area contributed by atoms with Gasteiger partial charge < -0.3 is 9.67 Å². The van der Waals surface area contributed by atoms with Crippen LogP contribution in [-0.4, -0.2) is 19.6 Å². The molecule has 1 N–H and O–H groups in total. The van der Waals surface area contributed by atoms with Gasteiger partial charge in [-0.25, -0.2) is 0 Å². The van der Waals surface area contributed by atoms with Gasteiger partial charge in [-0.3, -0.25) is 9.97 Å². The second-order valence-electron chi connectivity index (χ2n) is 16.5. The number of hydrogen-bond donors (Lipinski definition) is 1. The number of hydrogen-bond acceptors (Lipinski definition) is 3. The molecule has 2 heterocycles. The van der Waals surface area contributed by atoms with E-state index in [1.54, 1.807) is 6.07 Å². The van der Waals surface area contributed by atoms with E-state index in [1.165, 1.54) is 11.1 Å². The van der Waals surface area contributed by atoms with Gasteiger partial charge >= 0.3 is 0 Å². The summed E-state index contributed by atoms with van der Waals surface area (Å²) in [5, 5.41) is 12.3. The molecule has 4 nitrogen and oxygen atoms in total. The molecular weight excluding hydrogens is 806 g/mol. The fraction of sp³-hybridized carbons (Fsp3) is 0.261. The third-order valence-corrected chi connectivity index (χ3v) is 9.73. The normalized spacial score (nSPS) is 12.3. The molecule has 0 bridgehead atoms. The van der Waals surface area contributed by atoms with E-state index in [0.717, 1.165) is 66.8 Å². The Bertz CT molecular complexity index is 2380. The number of aromatic hydroxyl groups is 1. The van der Waals surface area contributed by atoms with E-state index in [9.17, 15) is 5.11 Å². The van der Waals surface area contributed by atoms with Crippen LogP contribution in [0.4, 0.5) is 0 Å². The van der Waals surface area contributed by atoms with E-state index in [2.05, 4.69) is 158 Å². The average Bonchev–Trinajstić information content (AvgIpc) is 3.47. The molecule has 0 aliphatic rings. The van der Waals surface area contributed by atoms with E-state index in [-0.39, 0.29) is 43.1 Å². The third-order valence-electron chi connectivity index (χ3n) is 9.73. The first-order valence-corrected chi connectivity index (χ1v) is 17.5. The van der Waals surface area contributed by atoms with Crippen molar-refractivity contribution < 1.29 is 26.2 Å². The van der Waals surface area contributed by atoms with Crippen LogP contribution in [0.25, 0.3) is 61.3 Å². The fourth-order valence-electron chi connectivity index (χ4n) is 6.67. The van der Waals surface area contributed by atoms with Crippen molar-refractivity contribution >= 4 is 21.9 Å². The molecule has 2 aromatic heterocycles. The van der Waals surface area contributed by atoms with Crippen molar-refractivity contribution in [3.63, 3.8) is 0 Å². The minimum absolute atomic E-state index is 0. The van der Waals surface area contributed by atoms with Crippen LogP contribution in [0.3, 0.4) is 0 Å². The largest absolute Gasteiger partial charge is 0.507 e. The molecule has 0 spiro atoms. The first kappa shape index (κ1) is 36.3. The molecule has 262 valence electrons. The topological polar surface area (TPSA) is 50.9 Å². The molecule has 0 aliphatic heterocycles. The number of phenols is 1. The number of benzene rings is 5. The van der Waals surface area contributed by atoms with E-state index in [1.807, 2.05) is 18.3 Å². The van der Waals surface area contributed by atoms with Crippen molar-refractivity contribution in [3.8, 4) is 45.1 Å². The summed E-state index contributed by atoms with van der Waals surface area (Å²) in [6.45, 7) is 20.0. The van der Waals surface area contributed by atoms with Crippen LogP contribution in [0.2, 0.25) is 0 Å². The van der Waals surface area contributed by atoms with Gasteiger partial charge in [0.05, 0.1) is 16.9 Å². The van der Waals surface area contributed by atoms with Gasteiger partial charge in [-0.15, -0.1) is 29.8 Å². The molecule has 7 rings (SSSR count). The van der Waals surface area contributed by atoms with Crippen LogP contribution in [0, 0.1) is 6.07 Å². The molecule has 5 heteroatoms. The van der Waals surface area contributed by atoms with Crippen LogP contribution < -0.4 is 0 Å². The zero-order valence-electron chi connectivity index (χ0n) is 31.0. The maximum atomic E-state index is 11.2. The van der Waals surface area contributed by atoms with Crippen molar-refractivity contribution in [1.82, 2.24) is 14.5 Å². The Morgan fingerprint density at radius 1 is 0.569 bits per heavy atom. The Balaban J connectivity index is 0.00000448. The van der Waals surface area contributed by atoms with Crippen molar-refractivity contribution in [1.29, 1.82) is 0 Å². The molecule has 0 unspecified atom stereocenters. The summed E-state index contributed by atoms with van der Waals surface area (Å²) in [5.41, 5.74) is 11.9. The van der Waals surface area contributed by atoms with E-state index in [0.29, 0.717) is 0 Å². The van der Waals surface area contributed by atoms with Gasteiger partial charge in [-0.1, -0.05) is 122 Å². The number of phenolic OH excluding ortho intramolecular Hbond substituents is 1. The van der Waals surface area contributed by atoms with Gasteiger partial charge in [0.2, 0.25) is 0 Å². The monoisotopic (exact) mass is 851 g/mol. The summed E-state index contributed by atoms with van der Waals surface area (Å²) in [6, 6.07) is 39.7. The molecule has 0 aliphatic carbocycles. The molecule has 0 fully saturated rings. The second-order valence-corrected chi connectivity index (χ2v) is 16.5. The smallest absolute Gasteiger partial charge is 0.123 e. The summed E-state index contributed by atoms with van der Waals surface area (Å²) in [7, 11) is 0. The van der Waals surface area contributed by atoms with Crippen molar-refractivity contribution in [2.75, 3.05) is 0 Å². The van der Waals surface area contributed by atoms with Gasteiger partial charge in [0.25, 0.3) is 0 Å². The first-order valence-electron chi connectivity index (χ1n) is 17.5. The van der Waals surface area contributed by atoms with Crippen LogP contribution in [0.1, 0.15) is 79.0 Å². The molecule has 0 saturated carbocycles. The number of fused-ring (bicyclic) bond motifs is 2. The number of imidazole rings is 1. The first-order chi connectivity index (χ1) is 23.6. The van der Waals surface area contributed by atoms with Gasteiger partial charge in [-0.2, -0.15) is 0 Å². The summed E-state index contributed by atoms with van der Waals surface area (Å²) >= 11 is 0. The molecule has 0 saturated heterocycles. The van der Waals surface area contributed by atoms with Gasteiger partial charge in [-0.05, 0) is 74.7 Å². The minimum Gasteiger partial charge on any atom is -0.507 e. The van der Waals surface area contributed by atoms with Gasteiger partial charge in [0, 0.05) is 49.6 Å². The predicted molar refractivity (Wildman–Crippen MR) is 209 cm³/mol. The second kappa shape index (κ2) is 13.2. The number of nitrogens with zero attached hydrogens (tertiary/aromatic N) is 3. The molecule has 51 heavy (non-hydrogen) atoms. The SMILES string of the molecule is CC(C)(C)c1ccc(-n2c(-c3[c-]c(-c4cc(C(C)(C)C)cc5cccnc45)ccc3)nc3c(-c4cc(C(C)(C)C)ccc4O)cccc32)cc1.[Pt]. The Labute approximate surface area is 316 Å². The van der Waals surface area contributed by atoms with Gasteiger partial charge in [0.15, 0.2) is 0 Å². The van der Waals surface area contributed by atoms with Crippen molar-refractivity contribution in [2.45, 2.75) is 78.6 Å². The van der Waals surface area contributed by atoms with E-state index >= 15 is 0 Å². The third kappa shape index (κ3) is 6.91. The van der Waals surface area contributed by atoms with E-state index < -0.39 is 0 Å². The van der Waals surface area contributed by atoms with Crippen LogP contribution in [-0.2, 0) is 37.3 Å². The summed E-state index contributed by atoms with van der Waals surface area (Å²) in [5.74, 6) is 1.02. The zero-order chi connectivity index (χ0) is 35.6. The quantitative estimate of drug-likeness (QED) is 0.180. The fourth-order valence-corrected chi connectivity index (χ4v) is 6.67. The Morgan fingerprint density at radius 2 is 1.20 bits per heavy atom. The Hall–Kier alpha value is -4.53. The zero-order valence-corrected chi connectivity index (χ0v) is 33.3. The molecule has 0 amide bonds. The van der Waals surface area contributed by atoms with Gasteiger partial charge in [0.1, 0.15) is 5.75 Å². The molecular formula is C46H46N3OPt-. The minimum atomic E-state index is -0.0750.